The van der Waals surface area contributed by atoms with Gasteiger partial charge in [-0.25, -0.2) is 4.79 Å². The van der Waals surface area contributed by atoms with Gasteiger partial charge in [0.15, 0.2) is 5.94 Å². The van der Waals surface area contributed by atoms with Gasteiger partial charge in [-0.1, -0.05) is 12.1 Å². The first-order valence-corrected chi connectivity index (χ1v) is 3.47. The average Bonchev–Trinajstić information content (AvgIpc) is 2.15. The summed E-state index contributed by atoms with van der Waals surface area (Å²) in [6.07, 6.45) is 1.55. The quantitative estimate of drug-likeness (QED) is 0.486. The maximum absolute atomic E-state index is 9.83. The molecule has 0 aromatic heterocycles. The minimum Gasteiger partial charge on any atom is -0.497 e. The van der Waals surface area contributed by atoms with Crippen molar-refractivity contribution in [3.63, 3.8) is 0 Å². The summed E-state index contributed by atoms with van der Waals surface area (Å²) in [6, 6.07) is 7.34. The molecule has 1 aromatic carbocycles. The van der Waals surface area contributed by atoms with E-state index in [1.807, 2.05) is 24.3 Å². The predicted molar refractivity (Wildman–Crippen MR) is 46.7 cm³/mol. The standard InChI is InChI=1S/C10H8O2/c1-12-10-6-2-4-9(8-10)5-3-7-11/h2,4-6,8H,1H3. The highest BCUT2D eigenvalue weighted by atomic mass is 16.5. The molecule has 60 valence electrons. The fourth-order valence-electron chi connectivity index (χ4n) is 0.844. The van der Waals surface area contributed by atoms with Crippen molar-refractivity contribution >= 4 is 12.0 Å². The van der Waals surface area contributed by atoms with Crippen LogP contribution in [0.25, 0.3) is 6.08 Å². The van der Waals surface area contributed by atoms with E-state index in [-0.39, 0.29) is 0 Å². The molecule has 0 radical (unpaired) electrons. The van der Waals surface area contributed by atoms with E-state index in [4.69, 9.17) is 4.74 Å². The van der Waals surface area contributed by atoms with E-state index in [1.165, 1.54) is 0 Å². The number of methoxy groups -OCH3 is 1. The van der Waals surface area contributed by atoms with Crippen LogP contribution in [0.5, 0.6) is 5.75 Å². The number of hydrogen-bond donors (Lipinski definition) is 0. The third-order valence-electron chi connectivity index (χ3n) is 1.39. The fraction of sp³-hybridized carbons (Fsp3) is 0.100. The number of ether oxygens (including phenoxy) is 1. The van der Waals surface area contributed by atoms with Gasteiger partial charge in [-0.3, -0.25) is 0 Å². The van der Waals surface area contributed by atoms with E-state index in [0.717, 1.165) is 11.3 Å². The first-order chi connectivity index (χ1) is 5.86. The molecular formula is C10H8O2. The van der Waals surface area contributed by atoms with Crippen molar-refractivity contribution in [1.29, 1.82) is 0 Å². The Morgan fingerprint density at radius 2 is 2.33 bits per heavy atom. The summed E-state index contributed by atoms with van der Waals surface area (Å²) < 4.78 is 4.99. The topological polar surface area (TPSA) is 26.3 Å². The zero-order chi connectivity index (χ0) is 8.81. The highest BCUT2D eigenvalue weighted by molar-refractivity contribution is 5.59. The van der Waals surface area contributed by atoms with Crippen LogP contribution in [0.4, 0.5) is 0 Å². The van der Waals surface area contributed by atoms with Gasteiger partial charge in [0.1, 0.15) is 5.75 Å². The normalized spacial score (nSPS) is 8.08. The monoisotopic (exact) mass is 160 g/mol. The summed E-state index contributed by atoms with van der Waals surface area (Å²) in [5, 5.41) is 0. The lowest BCUT2D eigenvalue weighted by Crippen LogP contribution is -1.81. The molecule has 0 saturated carbocycles. The number of benzene rings is 1. The molecule has 2 nitrogen and oxygen atoms in total. The largest absolute Gasteiger partial charge is 0.497 e. The minimum atomic E-state index is 0.761. The van der Waals surface area contributed by atoms with Gasteiger partial charge < -0.3 is 4.74 Å². The molecule has 0 fully saturated rings. The van der Waals surface area contributed by atoms with E-state index in [9.17, 15) is 4.79 Å². The highest BCUT2D eigenvalue weighted by Crippen LogP contribution is 2.12. The summed E-state index contributed by atoms with van der Waals surface area (Å²) in [4.78, 5) is 9.83. The van der Waals surface area contributed by atoms with Crippen molar-refractivity contribution < 1.29 is 9.53 Å². The van der Waals surface area contributed by atoms with E-state index in [1.54, 1.807) is 19.1 Å². The van der Waals surface area contributed by atoms with Crippen LogP contribution in [0.1, 0.15) is 5.56 Å². The molecule has 0 saturated heterocycles. The molecule has 0 aliphatic carbocycles. The Labute approximate surface area is 70.8 Å². The van der Waals surface area contributed by atoms with Gasteiger partial charge in [0, 0.05) is 0 Å². The van der Waals surface area contributed by atoms with Gasteiger partial charge in [0.05, 0.1) is 7.11 Å². The number of hydrogen-bond acceptors (Lipinski definition) is 2. The molecule has 0 aliphatic heterocycles. The molecule has 0 spiro atoms. The van der Waals surface area contributed by atoms with E-state index >= 15 is 0 Å². The van der Waals surface area contributed by atoms with Gasteiger partial charge >= 0.3 is 0 Å². The molecule has 1 aromatic rings. The van der Waals surface area contributed by atoms with Crippen LogP contribution in [0.15, 0.2) is 30.0 Å². The van der Waals surface area contributed by atoms with Crippen LogP contribution in [0, 0.1) is 0 Å². The van der Waals surface area contributed by atoms with E-state index in [0.29, 0.717) is 0 Å². The van der Waals surface area contributed by atoms with Gasteiger partial charge in [-0.05, 0) is 29.5 Å². The predicted octanol–water partition coefficient (Wildman–Crippen LogP) is 1.70. The lowest BCUT2D eigenvalue weighted by atomic mass is 10.2. The molecule has 1 rings (SSSR count). The summed E-state index contributed by atoms with van der Waals surface area (Å²) in [5.41, 5.74) is 3.20. The summed E-state index contributed by atoms with van der Waals surface area (Å²) in [7, 11) is 1.60. The molecule has 2 heteroatoms. The molecule has 0 atom stereocenters. The Balaban J connectivity index is 3.01. The van der Waals surface area contributed by atoms with Crippen molar-refractivity contribution in [3.8, 4) is 5.75 Å². The third kappa shape index (κ3) is 2.14. The molecule has 0 bridgehead atoms. The van der Waals surface area contributed by atoms with Crippen molar-refractivity contribution in [1.82, 2.24) is 0 Å². The van der Waals surface area contributed by atoms with E-state index < -0.39 is 0 Å². The molecule has 12 heavy (non-hydrogen) atoms. The first-order valence-electron chi connectivity index (χ1n) is 3.47. The summed E-state index contributed by atoms with van der Waals surface area (Å²) >= 11 is 0. The Bertz CT molecular complexity index is 343. The van der Waals surface area contributed by atoms with Gasteiger partial charge in [0.25, 0.3) is 0 Å². The summed E-state index contributed by atoms with van der Waals surface area (Å²) in [5.74, 6) is 2.32. The second-order valence-corrected chi connectivity index (χ2v) is 2.17. The van der Waals surface area contributed by atoms with Crippen LogP contribution < -0.4 is 4.74 Å². The zero-order valence-corrected chi connectivity index (χ0v) is 6.70. The maximum atomic E-state index is 9.83. The molecule has 0 heterocycles. The van der Waals surface area contributed by atoms with E-state index in [2.05, 4.69) is 5.73 Å². The molecule has 0 unspecified atom stereocenters. The second kappa shape index (κ2) is 4.20. The zero-order valence-electron chi connectivity index (χ0n) is 6.70. The van der Waals surface area contributed by atoms with Gasteiger partial charge in [-0.15, -0.1) is 0 Å². The highest BCUT2D eigenvalue weighted by Gasteiger charge is 1.89. The van der Waals surface area contributed by atoms with Crippen molar-refractivity contribution in [2.45, 2.75) is 0 Å². The molecule has 0 N–H and O–H groups in total. The Morgan fingerprint density at radius 1 is 1.50 bits per heavy atom. The van der Waals surface area contributed by atoms with Crippen LogP contribution >= 0.6 is 0 Å². The first kappa shape index (κ1) is 8.35. The maximum Gasteiger partial charge on any atom is 0.177 e. The fourth-order valence-corrected chi connectivity index (χ4v) is 0.844. The second-order valence-electron chi connectivity index (χ2n) is 2.17. The van der Waals surface area contributed by atoms with Crippen LogP contribution in [-0.4, -0.2) is 13.1 Å². The van der Waals surface area contributed by atoms with Gasteiger partial charge in [0.2, 0.25) is 0 Å². The van der Waals surface area contributed by atoms with Crippen molar-refractivity contribution in [2.24, 2.45) is 0 Å². The Kier molecular flexibility index (Phi) is 2.92. The van der Waals surface area contributed by atoms with Crippen molar-refractivity contribution in [3.05, 3.63) is 35.6 Å². The third-order valence-corrected chi connectivity index (χ3v) is 1.39. The van der Waals surface area contributed by atoms with Crippen LogP contribution in [0.3, 0.4) is 0 Å². The van der Waals surface area contributed by atoms with Gasteiger partial charge in [-0.2, -0.15) is 0 Å². The lowest BCUT2D eigenvalue weighted by Gasteiger charge is -1.98. The summed E-state index contributed by atoms with van der Waals surface area (Å²) in [6.45, 7) is 0. The van der Waals surface area contributed by atoms with Crippen LogP contribution in [-0.2, 0) is 4.79 Å². The SMILES string of the molecule is COc1cccc(C=C=C=O)c1. The Hall–Kier alpha value is -1.75. The smallest absolute Gasteiger partial charge is 0.177 e. The average molecular weight is 160 g/mol. The number of carbonyl (C=O) groups excluding carboxylic acids is 1. The van der Waals surface area contributed by atoms with Crippen LogP contribution in [0.2, 0.25) is 0 Å². The molecular weight excluding hydrogens is 152 g/mol. The minimum absolute atomic E-state index is 0.761. The number of rotatable bonds is 2. The lowest BCUT2D eigenvalue weighted by molar-refractivity contribution is 0.414. The molecule has 0 aliphatic rings. The molecule has 0 amide bonds. The Morgan fingerprint density at radius 3 is 3.00 bits per heavy atom. The van der Waals surface area contributed by atoms with Crippen molar-refractivity contribution in [2.75, 3.05) is 7.11 Å².